The fourth-order valence-corrected chi connectivity index (χ4v) is 15.4. The van der Waals surface area contributed by atoms with Crippen LogP contribution in [0.1, 0.15) is 79.0 Å². The highest BCUT2D eigenvalue weighted by atomic mass is 15.2. The summed E-state index contributed by atoms with van der Waals surface area (Å²) in [6, 6.07) is 110. The first-order valence-corrected chi connectivity index (χ1v) is 33.7. The monoisotopic (exact) mass is 1220 g/mol. The van der Waals surface area contributed by atoms with Gasteiger partial charge in [-0.15, -0.1) is 0 Å². The molecule has 0 bridgehead atoms. The molecule has 95 heavy (non-hydrogen) atoms. The molecule has 0 saturated heterocycles. The van der Waals surface area contributed by atoms with Crippen molar-refractivity contribution in [3.05, 3.63) is 308 Å². The molecule has 4 heterocycles. The standard InChI is InChI=1S/C90H75BN4/c1-88(2,3)64-40-48-79-73(52-64)71-34-22-24-36-77(71)92(79)67-42-46-75-83(56-67)94(81-50-62(58-26-14-10-15-27-58)38-44-69(81)60-30-18-12-19-31-60)85-54-66(90(7,8)9)55-86-87(85)91(75)76-47-43-68(93-78-37-25-23-35-72(78)74-53-65(89(4,5)6)41-49-80(74)93)57-84(76)95(86)82-51-63(59-28-16-11-17-29-59)39-45-70(82)61-32-20-13-21-33-61/h10-57H,1-9H3. The molecule has 15 aromatic rings. The van der Waals surface area contributed by atoms with Crippen LogP contribution in [0.3, 0.4) is 0 Å². The zero-order valence-electron chi connectivity index (χ0n) is 55.6. The van der Waals surface area contributed by atoms with Gasteiger partial charge in [-0.1, -0.05) is 269 Å². The van der Waals surface area contributed by atoms with Gasteiger partial charge in [-0.05, 0) is 168 Å². The average Bonchev–Trinajstić information content (AvgIpc) is 1.06. The summed E-state index contributed by atoms with van der Waals surface area (Å²) in [5.74, 6) is 0. The van der Waals surface area contributed by atoms with Gasteiger partial charge in [0.15, 0.2) is 0 Å². The number of rotatable bonds is 8. The van der Waals surface area contributed by atoms with Crippen molar-refractivity contribution in [3.63, 3.8) is 0 Å². The van der Waals surface area contributed by atoms with Gasteiger partial charge in [0.25, 0.3) is 6.71 Å². The highest BCUT2D eigenvalue weighted by molar-refractivity contribution is 7.00. The van der Waals surface area contributed by atoms with Gasteiger partial charge < -0.3 is 18.9 Å². The number of anilines is 6. The molecular weight excluding hydrogens is 1150 g/mol. The van der Waals surface area contributed by atoms with E-state index in [9.17, 15) is 0 Å². The Kier molecular flexibility index (Phi) is 13.3. The van der Waals surface area contributed by atoms with E-state index < -0.39 is 0 Å². The summed E-state index contributed by atoms with van der Waals surface area (Å²) >= 11 is 0. The quantitative estimate of drug-likeness (QED) is 0.141. The van der Waals surface area contributed by atoms with Gasteiger partial charge in [-0.2, -0.15) is 0 Å². The molecule has 13 aromatic carbocycles. The largest absolute Gasteiger partial charge is 0.311 e. The first-order valence-electron chi connectivity index (χ1n) is 33.7. The van der Waals surface area contributed by atoms with Crippen LogP contribution >= 0.6 is 0 Å². The Labute approximate surface area is 558 Å². The highest BCUT2D eigenvalue weighted by Gasteiger charge is 2.46. The van der Waals surface area contributed by atoms with Crippen molar-refractivity contribution < 1.29 is 0 Å². The van der Waals surface area contributed by atoms with Gasteiger partial charge in [0.1, 0.15) is 0 Å². The molecular formula is C90H75BN4. The van der Waals surface area contributed by atoms with Crippen LogP contribution in [-0.2, 0) is 16.2 Å². The van der Waals surface area contributed by atoms with E-state index >= 15 is 0 Å². The van der Waals surface area contributed by atoms with E-state index in [0.717, 1.165) is 67.5 Å². The van der Waals surface area contributed by atoms with E-state index in [1.165, 1.54) is 99.2 Å². The van der Waals surface area contributed by atoms with Crippen LogP contribution in [0.2, 0.25) is 0 Å². The second kappa shape index (κ2) is 21.9. The molecule has 0 aliphatic carbocycles. The lowest BCUT2D eigenvalue weighted by atomic mass is 9.33. The molecule has 2 aliphatic rings. The lowest BCUT2D eigenvalue weighted by molar-refractivity contribution is 0.590. The van der Waals surface area contributed by atoms with Crippen molar-refractivity contribution in [2.45, 2.75) is 78.6 Å². The average molecular weight is 1220 g/mol. The molecule has 0 N–H and O–H groups in total. The molecule has 17 rings (SSSR count). The van der Waals surface area contributed by atoms with Crippen molar-refractivity contribution in [3.8, 4) is 55.9 Å². The second-order valence-corrected chi connectivity index (χ2v) is 29.4. The Morgan fingerprint density at radius 2 is 0.600 bits per heavy atom. The maximum Gasteiger partial charge on any atom is 0.252 e. The number of para-hydroxylation sites is 2. The number of hydrogen-bond donors (Lipinski definition) is 0. The van der Waals surface area contributed by atoms with Crippen LogP contribution in [0.15, 0.2) is 291 Å². The normalized spacial score (nSPS) is 13.0. The fraction of sp³-hybridized carbons (Fsp3) is 0.133. The van der Waals surface area contributed by atoms with Crippen LogP contribution in [0, 0.1) is 0 Å². The summed E-state index contributed by atoms with van der Waals surface area (Å²) in [4.78, 5) is 5.34. The Morgan fingerprint density at radius 3 is 0.989 bits per heavy atom. The molecule has 0 amide bonds. The highest BCUT2D eigenvalue weighted by Crippen LogP contribution is 2.52. The van der Waals surface area contributed by atoms with Gasteiger partial charge in [-0.3, -0.25) is 0 Å². The van der Waals surface area contributed by atoms with Crippen molar-refractivity contribution in [2.24, 2.45) is 0 Å². The smallest absolute Gasteiger partial charge is 0.252 e. The van der Waals surface area contributed by atoms with Crippen LogP contribution in [0.25, 0.3) is 99.5 Å². The Bertz CT molecular complexity index is 5210. The van der Waals surface area contributed by atoms with Crippen LogP contribution < -0.4 is 26.2 Å². The van der Waals surface area contributed by atoms with Gasteiger partial charge in [0.05, 0.1) is 33.4 Å². The van der Waals surface area contributed by atoms with E-state index in [4.69, 9.17) is 0 Å². The molecule has 0 spiro atoms. The van der Waals surface area contributed by atoms with E-state index in [2.05, 4.69) is 372 Å². The zero-order chi connectivity index (χ0) is 64.6. The summed E-state index contributed by atoms with van der Waals surface area (Å²) in [6.07, 6.45) is 0. The van der Waals surface area contributed by atoms with E-state index in [1.807, 2.05) is 0 Å². The predicted octanol–water partition coefficient (Wildman–Crippen LogP) is 22.5. The number of benzene rings is 13. The molecule has 0 saturated carbocycles. The van der Waals surface area contributed by atoms with Crippen LogP contribution in [0.4, 0.5) is 34.1 Å². The maximum atomic E-state index is 2.67. The molecule has 4 nitrogen and oxygen atoms in total. The first-order chi connectivity index (χ1) is 46.0. The first kappa shape index (κ1) is 58.0. The summed E-state index contributed by atoms with van der Waals surface area (Å²) in [6.45, 7) is 20.9. The molecule has 2 aliphatic heterocycles. The van der Waals surface area contributed by atoms with Crippen LogP contribution in [-0.4, -0.2) is 15.8 Å². The Hall–Kier alpha value is -10.9. The van der Waals surface area contributed by atoms with Crippen molar-refractivity contribution >= 4 is 101 Å². The summed E-state index contributed by atoms with van der Waals surface area (Å²) in [5.41, 5.74) is 30.4. The van der Waals surface area contributed by atoms with Crippen LogP contribution in [0.5, 0.6) is 0 Å². The molecule has 0 radical (unpaired) electrons. The molecule has 458 valence electrons. The van der Waals surface area contributed by atoms with Crippen molar-refractivity contribution in [1.82, 2.24) is 9.13 Å². The topological polar surface area (TPSA) is 16.3 Å². The maximum absolute atomic E-state index is 2.67. The SMILES string of the molecule is CC(C)(C)c1cc2c3c(c1)N(c1cc(-c4ccccc4)ccc1-c1ccccc1)c1cc(-n4c5ccccc5c5cc(C(C)(C)C)ccc54)ccc1B3c1ccc(-n3c4ccccc4c4cc(C(C)(C)C)ccc43)cc1N2c1cc(-c2ccccc2)ccc1-c1ccccc1. The minimum Gasteiger partial charge on any atom is -0.311 e. The van der Waals surface area contributed by atoms with Crippen molar-refractivity contribution in [1.29, 1.82) is 0 Å². The third-order valence-corrected chi connectivity index (χ3v) is 20.4. The second-order valence-electron chi connectivity index (χ2n) is 29.4. The minimum absolute atomic E-state index is 0.0212. The van der Waals surface area contributed by atoms with E-state index in [1.54, 1.807) is 0 Å². The third-order valence-electron chi connectivity index (χ3n) is 20.4. The summed E-state index contributed by atoms with van der Waals surface area (Å²) < 4.78 is 5.04. The zero-order valence-corrected chi connectivity index (χ0v) is 55.6. The lowest BCUT2D eigenvalue weighted by Crippen LogP contribution is -2.61. The molecule has 0 atom stereocenters. The Morgan fingerprint density at radius 1 is 0.242 bits per heavy atom. The van der Waals surface area contributed by atoms with E-state index in [-0.39, 0.29) is 23.0 Å². The lowest BCUT2D eigenvalue weighted by Gasteiger charge is -2.46. The number of hydrogen-bond acceptors (Lipinski definition) is 2. The van der Waals surface area contributed by atoms with Crippen molar-refractivity contribution in [2.75, 3.05) is 9.80 Å². The summed E-state index contributed by atoms with van der Waals surface area (Å²) in [5, 5.41) is 5.01. The van der Waals surface area contributed by atoms with Gasteiger partial charge in [0.2, 0.25) is 0 Å². The predicted molar refractivity (Wildman–Crippen MR) is 407 cm³/mol. The molecule has 2 aromatic heterocycles. The van der Waals surface area contributed by atoms with E-state index in [0.29, 0.717) is 0 Å². The summed E-state index contributed by atoms with van der Waals surface area (Å²) in [7, 11) is 0. The number of fused-ring (bicyclic) bond motifs is 10. The molecule has 5 heteroatoms. The number of aromatic nitrogens is 2. The molecule has 0 unspecified atom stereocenters. The fourth-order valence-electron chi connectivity index (χ4n) is 15.4. The van der Waals surface area contributed by atoms with Gasteiger partial charge in [0, 0.05) is 66.8 Å². The number of nitrogens with zero attached hydrogens (tertiary/aromatic N) is 4. The Balaban J connectivity index is 1.02. The van der Waals surface area contributed by atoms with Gasteiger partial charge >= 0.3 is 0 Å². The van der Waals surface area contributed by atoms with Gasteiger partial charge in [-0.25, -0.2) is 0 Å². The minimum atomic E-state index is -0.283. The third kappa shape index (κ3) is 9.57. The molecule has 0 fully saturated rings.